The minimum atomic E-state index is -1.73. The molecule has 0 aromatic carbocycles. The SMILES string of the molecule is O=CC1C(O)=C(O)C(O)=C(O)C1O. The number of aldehydes is 1. The van der Waals surface area contributed by atoms with Crippen LogP contribution in [0.2, 0.25) is 0 Å². The number of hydrogen-bond donors (Lipinski definition) is 5. The summed E-state index contributed by atoms with van der Waals surface area (Å²) in [5, 5.41) is 44.9. The van der Waals surface area contributed by atoms with E-state index >= 15 is 0 Å². The van der Waals surface area contributed by atoms with Crippen molar-refractivity contribution in [1.29, 1.82) is 0 Å². The number of rotatable bonds is 1. The molecule has 0 fully saturated rings. The summed E-state index contributed by atoms with van der Waals surface area (Å²) in [6, 6.07) is 0. The van der Waals surface area contributed by atoms with E-state index in [1.54, 1.807) is 0 Å². The molecule has 1 aliphatic rings. The molecule has 0 saturated heterocycles. The molecule has 0 saturated carbocycles. The fourth-order valence-electron chi connectivity index (χ4n) is 0.999. The van der Waals surface area contributed by atoms with Crippen LogP contribution in [-0.4, -0.2) is 37.9 Å². The van der Waals surface area contributed by atoms with Crippen LogP contribution >= 0.6 is 0 Å². The van der Waals surface area contributed by atoms with Gasteiger partial charge in [0, 0.05) is 0 Å². The number of aliphatic hydroxyl groups is 5. The van der Waals surface area contributed by atoms with Gasteiger partial charge in [0.25, 0.3) is 0 Å². The Hall–Kier alpha value is -1.69. The summed E-state index contributed by atoms with van der Waals surface area (Å²) in [6.45, 7) is 0. The minimum Gasteiger partial charge on any atom is -0.507 e. The average molecular weight is 188 g/mol. The summed E-state index contributed by atoms with van der Waals surface area (Å²) >= 11 is 0. The van der Waals surface area contributed by atoms with Crippen molar-refractivity contribution in [3.63, 3.8) is 0 Å². The Labute approximate surface area is 72.7 Å². The maximum absolute atomic E-state index is 10.3. The van der Waals surface area contributed by atoms with Gasteiger partial charge in [-0.15, -0.1) is 0 Å². The van der Waals surface area contributed by atoms with Crippen molar-refractivity contribution >= 4 is 6.29 Å². The maximum Gasteiger partial charge on any atom is 0.202 e. The third-order valence-corrected chi connectivity index (χ3v) is 1.79. The van der Waals surface area contributed by atoms with E-state index < -0.39 is 35.1 Å². The molecule has 13 heavy (non-hydrogen) atoms. The Morgan fingerprint density at radius 1 is 1.00 bits per heavy atom. The van der Waals surface area contributed by atoms with Crippen LogP contribution in [0.5, 0.6) is 0 Å². The molecule has 0 spiro atoms. The summed E-state index contributed by atoms with van der Waals surface area (Å²) in [6.07, 6.45) is -1.58. The molecule has 1 aliphatic carbocycles. The highest BCUT2D eigenvalue weighted by atomic mass is 16.4. The Kier molecular flexibility index (Phi) is 2.16. The largest absolute Gasteiger partial charge is 0.507 e. The second-order valence-electron chi connectivity index (χ2n) is 2.57. The first-order chi connectivity index (χ1) is 6.00. The highest BCUT2D eigenvalue weighted by Gasteiger charge is 2.37. The lowest BCUT2D eigenvalue weighted by molar-refractivity contribution is -0.114. The van der Waals surface area contributed by atoms with Crippen LogP contribution in [0.1, 0.15) is 0 Å². The summed E-state index contributed by atoms with van der Waals surface area (Å²) in [4.78, 5) is 10.3. The second kappa shape index (κ2) is 2.98. The van der Waals surface area contributed by atoms with E-state index in [4.69, 9.17) is 25.5 Å². The molecule has 6 nitrogen and oxygen atoms in total. The van der Waals surface area contributed by atoms with Gasteiger partial charge in [-0.1, -0.05) is 0 Å². The lowest BCUT2D eigenvalue weighted by atomic mass is 9.93. The van der Waals surface area contributed by atoms with E-state index in [1.807, 2.05) is 0 Å². The molecule has 0 bridgehead atoms. The Bertz CT molecular complexity index is 302. The van der Waals surface area contributed by atoms with Crippen molar-refractivity contribution in [1.82, 2.24) is 0 Å². The Morgan fingerprint density at radius 3 is 1.92 bits per heavy atom. The third kappa shape index (κ3) is 1.20. The van der Waals surface area contributed by atoms with Gasteiger partial charge in [-0.25, -0.2) is 0 Å². The predicted molar refractivity (Wildman–Crippen MR) is 40.1 cm³/mol. The zero-order chi connectivity index (χ0) is 10.2. The van der Waals surface area contributed by atoms with Gasteiger partial charge in [0.05, 0.1) is 0 Å². The second-order valence-corrected chi connectivity index (χ2v) is 2.57. The van der Waals surface area contributed by atoms with Gasteiger partial charge in [0.2, 0.25) is 5.76 Å². The normalized spacial score (nSPS) is 29.3. The van der Waals surface area contributed by atoms with E-state index in [0.717, 1.165) is 0 Å². The molecular weight excluding hydrogens is 180 g/mol. The number of aliphatic hydroxyl groups excluding tert-OH is 5. The van der Waals surface area contributed by atoms with Gasteiger partial charge in [-0.3, -0.25) is 0 Å². The molecule has 0 aliphatic heterocycles. The van der Waals surface area contributed by atoms with Crippen LogP contribution in [0, 0.1) is 5.92 Å². The van der Waals surface area contributed by atoms with Gasteiger partial charge in [0.15, 0.2) is 17.3 Å². The average Bonchev–Trinajstić information content (AvgIpc) is 2.13. The first-order valence-corrected chi connectivity index (χ1v) is 3.38. The van der Waals surface area contributed by atoms with Crippen molar-refractivity contribution < 1.29 is 30.3 Å². The van der Waals surface area contributed by atoms with E-state index in [-0.39, 0.29) is 6.29 Å². The fourth-order valence-corrected chi connectivity index (χ4v) is 0.999. The molecule has 0 heterocycles. The lowest BCUT2D eigenvalue weighted by Crippen LogP contribution is -2.31. The zero-order valence-corrected chi connectivity index (χ0v) is 6.38. The number of carbonyl (C=O) groups is 1. The van der Waals surface area contributed by atoms with E-state index in [0.29, 0.717) is 0 Å². The van der Waals surface area contributed by atoms with Gasteiger partial charge in [-0.05, 0) is 0 Å². The Balaban J connectivity index is 3.22. The fraction of sp³-hybridized carbons (Fsp3) is 0.286. The first-order valence-electron chi connectivity index (χ1n) is 3.38. The monoisotopic (exact) mass is 188 g/mol. The quantitative estimate of drug-likeness (QED) is 0.364. The summed E-state index contributed by atoms with van der Waals surface area (Å²) in [5.74, 6) is -5.27. The number of hydrogen-bond acceptors (Lipinski definition) is 6. The maximum atomic E-state index is 10.3. The van der Waals surface area contributed by atoms with Crippen LogP contribution in [0.3, 0.4) is 0 Å². The van der Waals surface area contributed by atoms with Gasteiger partial charge >= 0.3 is 0 Å². The van der Waals surface area contributed by atoms with Crippen LogP contribution < -0.4 is 0 Å². The molecule has 0 aromatic heterocycles. The van der Waals surface area contributed by atoms with Crippen LogP contribution in [-0.2, 0) is 4.79 Å². The van der Waals surface area contributed by atoms with Crippen LogP contribution in [0.25, 0.3) is 0 Å². The standard InChI is InChI=1S/C7H8O6/c8-1-2-3(9)5(11)7(13)6(12)4(2)10/h1-3,9-13H. The molecule has 0 amide bonds. The van der Waals surface area contributed by atoms with E-state index in [9.17, 15) is 4.79 Å². The highest BCUT2D eigenvalue weighted by molar-refractivity contribution is 5.62. The highest BCUT2D eigenvalue weighted by Crippen LogP contribution is 2.28. The minimum absolute atomic E-state index is 0.152. The molecule has 0 aromatic rings. The van der Waals surface area contributed by atoms with Gasteiger partial charge in [0.1, 0.15) is 18.3 Å². The molecule has 2 atom stereocenters. The van der Waals surface area contributed by atoms with Crippen molar-refractivity contribution in [2.24, 2.45) is 5.92 Å². The first kappa shape index (κ1) is 9.40. The molecule has 72 valence electrons. The molecule has 1 rings (SSSR count). The van der Waals surface area contributed by atoms with Crippen LogP contribution in [0.4, 0.5) is 0 Å². The topological polar surface area (TPSA) is 118 Å². The van der Waals surface area contributed by atoms with Crippen molar-refractivity contribution in [3.05, 3.63) is 23.0 Å². The summed E-state index contributed by atoms with van der Waals surface area (Å²) in [7, 11) is 0. The molecule has 5 N–H and O–H groups in total. The van der Waals surface area contributed by atoms with Gasteiger partial charge in [-0.2, -0.15) is 0 Å². The van der Waals surface area contributed by atoms with Crippen molar-refractivity contribution in [3.8, 4) is 0 Å². The molecular formula is C7H8O6. The Morgan fingerprint density at radius 2 is 1.46 bits per heavy atom. The smallest absolute Gasteiger partial charge is 0.202 e. The van der Waals surface area contributed by atoms with E-state index in [1.165, 1.54) is 0 Å². The van der Waals surface area contributed by atoms with Crippen LogP contribution in [0.15, 0.2) is 23.0 Å². The zero-order valence-electron chi connectivity index (χ0n) is 6.38. The van der Waals surface area contributed by atoms with Gasteiger partial charge < -0.3 is 30.3 Å². The molecule has 0 radical (unpaired) electrons. The molecule has 6 heteroatoms. The third-order valence-electron chi connectivity index (χ3n) is 1.79. The predicted octanol–water partition coefficient (Wildman–Crippen LogP) is -0.169. The number of carbonyl (C=O) groups excluding carboxylic acids is 1. The summed E-state index contributed by atoms with van der Waals surface area (Å²) < 4.78 is 0. The van der Waals surface area contributed by atoms with E-state index in [2.05, 4.69) is 0 Å². The molecule has 2 unspecified atom stereocenters. The van der Waals surface area contributed by atoms with Crippen molar-refractivity contribution in [2.75, 3.05) is 0 Å². The summed E-state index contributed by atoms with van der Waals surface area (Å²) in [5.41, 5.74) is 0. The lowest BCUT2D eigenvalue weighted by Gasteiger charge is -2.22. The van der Waals surface area contributed by atoms with Crippen molar-refractivity contribution in [2.45, 2.75) is 6.10 Å².